The van der Waals surface area contributed by atoms with E-state index in [1.165, 1.54) is 4.88 Å². The fourth-order valence-corrected chi connectivity index (χ4v) is 3.29. The molecule has 1 aromatic rings. The number of carboxylic acid groups (broad SMARTS) is 1. The lowest BCUT2D eigenvalue weighted by Crippen LogP contribution is -2.40. The van der Waals surface area contributed by atoms with Crippen LogP contribution in [0, 0.1) is 5.92 Å². The molecule has 0 bridgehead atoms. The van der Waals surface area contributed by atoms with Gasteiger partial charge in [-0.05, 0) is 36.3 Å². The van der Waals surface area contributed by atoms with Gasteiger partial charge >= 0.3 is 12.1 Å². The highest BCUT2D eigenvalue weighted by molar-refractivity contribution is 7.10. The summed E-state index contributed by atoms with van der Waals surface area (Å²) in [5, 5.41) is 13.3. The molecule has 1 aromatic heterocycles. The molecule has 106 valence electrons. The third kappa shape index (κ3) is 3.27. The van der Waals surface area contributed by atoms with Gasteiger partial charge in [-0.1, -0.05) is 0 Å². The molecular formula is C12H14F3NO2S. The molecule has 1 aliphatic rings. The molecule has 0 saturated heterocycles. The Kier molecular flexibility index (Phi) is 4.15. The average molecular weight is 293 g/mol. The number of hydrogen-bond acceptors (Lipinski definition) is 3. The molecule has 19 heavy (non-hydrogen) atoms. The molecule has 1 aliphatic carbocycles. The lowest BCUT2D eigenvalue weighted by Gasteiger charge is -2.26. The summed E-state index contributed by atoms with van der Waals surface area (Å²) in [5.41, 5.74) is 1.02. The van der Waals surface area contributed by atoms with Crippen LogP contribution in [0.2, 0.25) is 0 Å². The molecule has 2 atom stereocenters. The van der Waals surface area contributed by atoms with Crippen LogP contribution in [0.25, 0.3) is 0 Å². The number of thiophene rings is 1. The van der Waals surface area contributed by atoms with Crippen LogP contribution < -0.4 is 5.32 Å². The van der Waals surface area contributed by atoms with Gasteiger partial charge in [0.2, 0.25) is 0 Å². The minimum Gasteiger partial charge on any atom is -0.481 e. The van der Waals surface area contributed by atoms with Crippen molar-refractivity contribution >= 4 is 17.3 Å². The average Bonchev–Trinajstić information content (AvgIpc) is 2.75. The van der Waals surface area contributed by atoms with Gasteiger partial charge in [0.05, 0.1) is 0 Å². The molecule has 0 radical (unpaired) electrons. The standard InChI is InChI=1S/C12H14F3NO2S/c13-12(14,15)8(11(17)18)6-16-9-2-1-3-10-7(9)4-5-19-10/h4-5,8-9,16H,1-3,6H2,(H,17,18). The Hall–Kier alpha value is -1.08. The predicted molar refractivity (Wildman–Crippen MR) is 65.2 cm³/mol. The summed E-state index contributed by atoms with van der Waals surface area (Å²) in [7, 11) is 0. The van der Waals surface area contributed by atoms with Gasteiger partial charge < -0.3 is 10.4 Å². The zero-order chi connectivity index (χ0) is 14.0. The molecule has 0 aliphatic heterocycles. The van der Waals surface area contributed by atoms with Crippen LogP contribution in [0.4, 0.5) is 13.2 Å². The van der Waals surface area contributed by atoms with E-state index in [1.54, 1.807) is 11.3 Å². The third-order valence-electron chi connectivity index (χ3n) is 3.31. The van der Waals surface area contributed by atoms with Gasteiger partial charge in [-0.2, -0.15) is 13.2 Å². The molecule has 0 aromatic carbocycles. The second-order valence-corrected chi connectivity index (χ2v) is 5.59. The van der Waals surface area contributed by atoms with E-state index in [0.29, 0.717) is 0 Å². The minimum atomic E-state index is -4.72. The first-order valence-electron chi connectivity index (χ1n) is 5.98. The number of carbonyl (C=O) groups is 1. The summed E-state index contributed by atoms with van der Waals surface area (Å²) in [4.78, 5) is 11.8. The Bertz CT molecular complexity index is 458. The van der Waals surface area contributed by atoms with Crippen molar-refractivity contribution < 1.29 is 23.1 Å². The van der Waals surface area contributed by atoms with E-state index in [-0.39, 0.29) is 6.04 Å². The van der Waals surface area contributed by atoms with Gasteiger partial charge in [0, 0.05) is 17.5 Å². The highest BCUT2D eigenvalue weighted by Gasteiger charge is 2.45. The first-order valence-corrected chi connectivity index (χ1v) is 6.86. The van der Waals surface area contributed by atoms with Crippen molar-refractivity contribution in [3.63, 3.8) is 0 Å². The van der Waals surface area contributed by atoms with Crippen molar-refractivity contribution in [2.75, 3.05) is 6.54 Å². The number of rotatable bonds is 4. The van der Waals surface area contributed by atoms with Crippen LogP contribution in [0.15, 0.2) is 11.4 Å². The van der Waals surface area contributed by atoms with Gasteiger partial charge in [0.25, 0.3) is 0 Å². The Morgan fingerprint density at radius 2 is 2.32 bits per heavy atom. The van der Waals surface area contributed by atoms with Crippen molar-refractivity contribution in [3.05, 3.63) is 21.9 Å². The van der Waals surface area contributed by atoms with Crippen LogP contribution in [-0.4, -0.2) is 23.8 Å². The lowest BCUT2D eigenvalue weighted by molar-refractivity contribution is -0.192. The van der Waals surface area contributed by atoms with Crippen LogP contribution in [0.5, 0.6) is 0 Å². The fraction of sp³-hybridized carbons (Fsp3) is 0.583. The Labute approximate surface area is 112 Å². The molecule has 0 spiro atoms. The van der Waals surface area contributed by atoms with Crippen molar-refractivity contribution in [2.45, 2.75) is 31.5 Å². The maximum absolute atomic E-state index is 12.5. The van der Waals surface area contributed by atoms with Crippen molar-refractivity contribution in [1.29, 1.82) is 0 Å². The van der Waals surface area contributed by atoms with Crippen molar-refractivity contribution in [1.82, 2.24) is 5.32 Å². The number of carboxylic acids is 1. The Morgan fingerprint density at radius 1 is 1.58 bits per heavy atom. The predicted octanol–water partition coefficient (Wildman–Crippen LogP) is 2.98. The molecule has 1 heterocycles. The highest BCUT2D eigenvalue weighted by Crippen LogP contribution is 2.34. The van der Waals surface area contributed by atoms with Gasteiger partial charge in [-0.15, -0.1) is 11.3 Å². The number of halogens is 3. The zero-order valence-electron chi connectivity index (χ0n) is 10.0. The van der Waals surface area contributed by atoms with Gasteiger partial charge in [0.15, 0.2) is 5.92 Å². The van der Waals surface area contributed by atoms with Gasteiger partial charge in [-0.3, -0.25) is 4.79 Å². The Morgan fingerprint density at radius 3 is 2.95 bits per heavy atom. The van der Waals surface area contributed by atoms with E-state index in [0.717, 1.165) is 24.8 Å². The van der Waals surface area contributed by atoms with Crippen LogP contribution >= 0.6 is 11.3 Å². The monoisotopic (exact) mass is 293 g/mol. The highest BCUT2D eigenvalue weighted by atomic mass is 32.1. The quantitative estimate of drug-likeness (QED) is 0.897. The van der Waals surface area contributed by atoms with Crippen LogP contribution in [0.1, 0.15) is 29.3 Å². The summed E-state index contributed by atoms with van der Waals surface area (Å²) in [6.45, 7) is -0.585. The summed E-state index contributed by atoms with van der Waals surface area (Å²) in [6.07, 6.45) is -2.11. The number of aryl methyl sites for hydroxylation is 1. The second kappa shape index (κ2) is 5.50. The molecule has 3 nitrogen and oxygen atoms in total. The number of alkyl halides is 3. The molecule has 0 amide bonds. The smallest absolute Gasteiger partial charge is 0.403 e. The summed E-state index contributed by atoms with van der Waals surface area (Å²) < 4.78 is 37.6. The van der Waals surface area contributed by atoms with E-state index in [1.807, 2.05) is 11.4 Å². The largest absolute Gasteiger partial charge is 0.481 e. The summed E-state index contributed by atoms with van der Waals surface area (Å²) >= 11 is 1.60. The first-order chi connectivity index (χ1) is 8.89. The van der Waals surface area contributed by atoms with Gasteiger partial charge in [-0.25, -0.2) is 0 Å². The number of fused-ring (bicyclic) bond motifs is 1. The maximum Gasteiger partial charge on any atom is 0.403 e. The fourth-order valence-electron chi connectivity index (χ4n) is 2.30. The van der Waals surface area contributed by atoms with Crippen molar-refractivity contribution in [2.24, 2.45) is 5.92 Å². The molecule has 0 saturated carbocycles. The van der Waals surface area contributed by atoms with E-state index < -0.39 is 24.6 Å². The first kappa shape index (κ1) is 14.3. The third-order valence-corrected chi connectivity index (χ3v) is 4.31. The molecule has 2 rings (SSSR count). The number of hydrogen-bond donors (Lipinski definition) is 2. The number of nitrogens with one attached hydrogen (secondary N) is 1. The zero-order valence-corrected chi connectivity index (χ0v) is 10.9. The number of aliphatic carboxylic acids is 1. The minimum absolute atomic E-state index is 0.167. The van der Waals surface area contributed by atoms with Crippen molar-refractivity contribution in [3.8, 4) is 0 Å². The van der Waals surface area contributed by atoms with Crippen LogP contribution in [-0.2, 0) is 11.2 Å². The van der Waals surface area contributed by atoms with E-state index in [2.05, 4.69) is 5.32 Å². The topological polar surface area (TPSA) is 49.3 Å². The normalized spacial score (nSPS) is 20.9. The second-order valence-electron chi connectivity index (χ2n) is 4.58. The maximum atomic E-state index is 12.5. The molecule has 2 unspecified atom stereocenters. The molecule has 2 N–H and O–H groups in total. The molecule has 0 fully saturated rings. The van der Waals surface area contributed by atoms with Crippen LogP contribution in [0.3, 0.4) is 0 Å². The van der Waals surface area contributed by atoms with E-state index in [4.69, 9.17) is 5.11 Å². The lowest BCUT2D eigenvalue weighted by atomic mass is 9.93. The van der Waals surface area contributed by atoms with E-state index in [9.17, 15) is 18.0 Å². The molecule has 7 heteroatoms. The SMILES string of the molecule is O=C(O)C(CNC1CCCc2sccc21)C(F)(F)F. The summed E-state index contributed by atoms with van der Waals surface area (Å²) in [6, 6.07) is 1.74. The van der Waals surface area contributed by atoms with E-state index >= 15 is 0 Å². The summed E-state index contributed by atoms with van der Waals surface area (Å²) in [5.74, 6) is -4.18. The Balaban J connectivity index is 2.02. The van der Waals surface area contributed by atoms with Gasteiger partial charge in [0.1, 0.15) is 0 Å². The molecular weight excluding hydrogens is 279 g/mol.